The molecule has 0 spiro atoms. The highest BCUT2D eigenvalue weighted by molar-refractivity contribution is 8.01. The highest BCUT2D eigenvalue weighted by atomic mass is 32.2. The van der Waals surface area contributed by atoms with Gasteiger partial charge in [0.25, 0.3) is 11.6 Å². The molecule has 0 bridgehead atoms. The Morgan fingerprint density at radius 1 is 1.25 bits per heavy atom. The molecular weight excluding hydrogens is 394 g/mol. The maximum atomic E-state index is 12.9. The number of amides is 1. The molecule has 0 aliphatic carbocycles. The molecule has 0 fully saturated rings. The van der Waals surface area contributed by atoms with Crippen LogP contribution in [0, 0.1) is 17.0 Å². The Balaban J connectivity index is 1.59. The van der Waals surface area contributed by atoms with Gasteiger partial charge >= 0.3 is 0 Å². The summed E-state index contributed by atoms with van der Waals surface area (Å²) in [5.41, 5.74) is 3.53. The van der Waals surface area contributed by atoms with Gasteiger partial charge in [-0.05, 0) is 36.6 Å². The summed E-state index contributed by atoms with van der Waals surface area (Å²) in [6.45, 7) is 3.02. The van der Waals surface area contributed by atoms with Gasteiger partial charge in [0.15, 0.2) is 4.34 Å². The number of aromatic nitrogens is 1. The molecular formula is C20H17N3O3S2. The van der Waals surface area contributed by atoms with Crippen LogP contribution in [0.3, 0.4) is 0 Å². The van der Waals surface area contributed by atoms with Crippen molar-refractivity contribution in [1.29, 1.82) is 0 Å². The SMILES string of the molecule is Cc1csc(Sc2ccc(C(=O)N3CCc4ccccc4C3)cc2[N+](=O)[O-])n1. The van der Waals surface area contributed by atoms with Crippen molar-refractivity contribution in [3.8, 4) is 0 Å². The standard InChI is InChI=1S/C20H17N3O3S2/c1-13-12-27-20(21-13)28-18-7-6-15(10-17(18)23(25)26)19(24)22-9-8-14-4-2-3-5-16(14)11-22/h2-7,10,12H,8-9,11H2,1H3. The number of benzene rings is 2. The fourth-order valence-electron chi connectivity index (χ4n) is 3.20. The smallest absolute Gasteiger partial charge is 0.284 e. The Hall–Kier alpha value is -2.71. The molecule has 2 aromatic carbocycles. The van der Waals surface area contributed by atoms with E-state index in [1.807, 2.05) is 30.5 Å². The molecule has 1 aliphatic rings. The van der Waals surface area contributed by atoms with E-state index < -0.39 is 4.92 Å². The van der Waals surface area contributed by atoms with Crippen LogP contribution in [0.15, 0.2) is 57.1 Å². The van der Waals surface area contributed by atoms with Crippen LogP contribution < -0.4 is 0 Å². The van der Waals surface area contributed by atoms with E-state index in [0.29, 0.717) is 23.5 Å². The Kier molecular flexibility index (Phi) is 5.15. The van der Waals surface area contributed by atoms with E-state index in [9.17, 15) is 14.9 Å². The van der Waals surface area contributed by atoms with E-state index in [0.717, 1.165) is 22.0 Å². The normalized spacial score (nSPS) is 13.2. The first-order valence-electron chi connectivity index (χ1n) is 8.76. The molecule has 4 rings (SSSR count). The monoisotopic (exact) mass is 411 g/mol. The number of hydrogen-bond donors (Lipinski definition) is 0. The van der Waals surface area contributed by atoms with Crippen molar-refractivity contribution in [1.82, 2.24) is 9.88 Å². The second-order valence-electron chi connectivity index (χ2n) is 6.54. The fraction of sp³-hybridized carbons (Fsp3) is 0.200. The molecule has 1 aliphatic heterocycles. The third kappa shape index (κ3) is 3.79. The lowest BCUT2D eigenvalue weighted by atomic mass is 9.99. The molecule has 0 radical (unpaired) electrons. The molecule has 2 heterocycles. The molecule has 0 unspecified atom stereocenters. The van der Waals surface area contributed by atoms with Crippen molar-refractivity contribution < 1.29 is 9.72 Å². The van der Waals surface area contributed by atoms with Gasteiger partial charge in [-0.25, -0.2) is 4.98 Å². The van der Waals surface area contributed by atoms with Crippen LogP contribution in [0.2, 0.25) is 0 Å². The Labute approximate surface area is 170 Å². The Morgan fingerprint density at radius 3 is 2.75 bits per heavy atom. The fourth-order valence-corrected chi connectivity index (χ4v) is 5.08. The topological polar surface area (TPSA) is 76.3 Å². The lowest BCUT2D eigenvalue weighted by Crippen LogP contribution is -2.35. The van der Waals surface area contributed by atoms with Crippen LogP contribution >= 0.6 is 23.1 Å². The molecule has 0 saturated carbocycles. The maximum absolute atomic E-state index is 12.9. The van der Waals surface area contributed by atoms with Gasteiger partial charge in [-0.15, -0.1) is 11.3 Å². The van der Waals surface area contributed by atoms with E-state index >= 15 is 0 Å². The number of carbonyl (C=O) groups excluding carboxylic acids is 1. The summed E-state index contributed by atoms with van der Waals surface area (Å²) in [6, 6.07) is 12.8. The predicted molar refractivity (Wildman–Crippen MR) is 109 cm³/mol. The summed E-state index contributed by atoms with van der Waals surface area (Å²) in [7, 11) is 0. The number of nitrogens with zero attached hydrogens (tertiary/aromatic N) is 3. The second-order valence-corrected chi connectivity index (χ2v) is 8.69. The molecule has 1 amide bonds. The number of thiazole rings is 1. The Bertz CT molecular complexity index is 1060. The zero-order chi connectivity index (χ0) is 19.7. The first-order chi connectivity index (χ1) is 13.5. The van der Waals surface area contributed by atoms with Crippen LogP contribution in [0.5, 0.6) is 0 Å². The number of aryl methyl sites for hydroxylation is 1. The molecule has 0 atom stereocenters. The van der Waals surface area contributed by atoms with Gasteiger partial charge in [0.1, 0.15) is 0 Å². The van der Waals surface area contributed by atoms with Crippen LogP contribution in [-0.2, 0) is 13.0 Å². The van der Waals surface area contributed by atoms with Gasteiger partial charge in [-0.2, -0.15) is 0 Å². The average molecular weight is 412 g/mol. The minimum Gasteiger partial charge on any atom is -0.334 e. The zero-order valence-corrected chi connectivity index (χ0v) is 16.8. The van der Waals surface area contributed by atoms with Crippen LogP contribution in [0.1, 0.15) is 27.2 Å². The number of hydrogen-bond acceptors (Lipinski definition) is 6. The minimum absolute atomic E-state index is 0.0684. The highest BCUT2D eigenvalue weighted by Gasteiger charge is 2.25. The summed E-state index contributed by atoms with van der Waals surface area (Å²) in [5.74, 6) is -0.181. The number of carbonyl (C=O) groups is 1. The van der Waals surface area contributed by atoms with Gasteiger partial charge in [-0.3, -0.25) is 14.9 Å². The zero-order valence-electron chi connectivity index (χ0n) is 15.1. The molecule has 6 nitrogen and oxygen atoms in total. The predicted octanol–water partition coefficient (Wildman–Crippen LogP) is 4.71. The number of nitro groups is 1. The van der Waals surface area contributed by atoms with Crippen molar-refractivity contribution in [2.45, 2.75) is 29.1 Å². The highest BCUT2D eigenvalue weighted by Crippen LogP contribution is 2.37. The molecule has 0 saturated heterocycles. The first kappa shape index (κ1) is 18.6. The van der Waals surface area contributed by atoms with Crippen molar-refractivity contribution in [2.75, 3.05) is 6.54 Å². The molecule has 142 valence electrons. The lowest BCUT2D eigenvalue weighted by molar-refractivity contribution is -0.387. The van der Waals surface area contributed by atoms with Crippen molar-refractivity contribution in [3.05, 3.63) is 80.3 Å². The third-order valence-corrected chi connectivity index (χ3v) is 6.74. The lowest BCUT2D eigenvalue weighted by Gasteiger charge is -2.29. The van der Waals surface area contributed by atoms with Gasteiger partial charge in [0.2, 0.25) is 0 Å². The number of fused-ring (bicyclic) bond motifs is 1. The summed E-state index contributed by atoms with van der Waals surface area (Å²) in [4.78, 5) is 30.7. The summed E-state index contributed by atoms with van der Waals surface area (Å²) in [5, 5.41) is 13.5. The molecule has 3 aromatic rings. The van der Waals surface area contributed by atoms with E-state index in [1.165, 1.54) is 34.7 Å². The van der Waals surface area contributed by atoms with Crippen LogP contribution in [-0.4, -0.2) is 27.3 Å². The Morgan fingerprint density at radius 2 is 2.04 bits per heavy atom. The van der Waals surface area contributed by atoms with Crippen molar-refractivity contribution in [2.24, 2.45) is 0 Å². The molecule has 1 aromatic heterocycles. The molecule has 8 heteroatoms. The third-order valence-electron chi connectivity index (χ3n) is 4.62. The van der Waals surface area contributed by atoms with Crippen molar-refractivity contribution >= 4 is 34.7 Å². The van der Waals surface area contributed by atoms with E-state index in [2.05, 4.69) is 11.1 Å². The van der Waals surface area contributed by atoms with E-state index in [4.69, 9.17) is 0 Å². The van der Waals surface area contributed by atoms with E-state index in [1.54, 1.807) is 17.0 Å². The van der Waals surface area contributed by atoms with Gasteiger partial charge in [0, 0.05) is 35.8 Å². The van der Waals surface area contributed by atoms with Crippen LogP contribution in [0.25, 0.3) is 0 Å². The summed E-state index contributed by atoms with van der Waals surface area (Å²) >= 11 is 2.70. The second kappa shape index (κ2) is 7.73. The molecule has 28 heavy (non-hydrogen) atoms. The quantitative estimate of drug-likeness (QED) is 0.459. The summed E-state index contributed by atoms with van der Waals surface area (Å²) in [6.07, 6.45) is 0.793. The molecule has 0 N–H and O–H groups in total. The van der Waals surface area contributed by atoms with Gasteiger partial charge in [-0.1, -0.05) is 36.0 Å². The average Bonchev–Trinajstić information content (AvgIpc) is 3.12. The number of rotatable bonds is 4. The maximum Gasteiger partial charge on any atom is 0.284 e. The largest absolute Gasteiger partial charge is 0.334 e. The first-order valence-corrected chi connectivity index (χ1v) is 10.5. The van der Waals surface area contributed by atoms with Gasteiger partial charge < -0.3 is 4.90 Å². The van der Waals surface area contributed by atoms with Crippen molar-refractivity contribution in [3.63, 3.8) is 0 Å². The minimum atomic E-state index is -0.439. The number of nitro benzene ring substituents is 1. The summed E-state index contributed by atoms with van der Waals surface area (Å²) < 4.78 is 0.743. The van der Waals surface area contributed by atoms with Gasteiger partial charge in [0.05, 0.1) is 9.82 Å². The van der Waals surface area contributed by atoms with E-state index in [-0.39, 0.29) is 11.6 Å². The van der Waals surface area contributed by atoms with Crippen LogP contribution in [0.4, 0.5) is 5.69 Å².